The number of amides is 2. The molecule has 0 radical (unpaired) electrons. The first-order chi connectivity index (χ1) is 16.0. The van der Waals surface area contributed by atoms with Crippen LogP contribution in [-0.4, -0.2) is 50.5 Å². The van der Waals surface area contributed by atoms with Gasteiger partial charge in [-0.3, -0.25) is 13.9 Å². The molecule has 0 aliphatic carbocycles. The van der Waals surface area contributed by atoms with Crippen molar-refractivity contribution in [2.45, 2.75) is 53.1 Å². The zero-order chi connectivity index (χ0) is 25.5. The number of nitrogens with one attached hydrogen (secondary N) is 1. The van der Waals surface area contributed by atoms with Gasteiger partial charge in [-0.15, -0.1) is 0 Å². The van der Waals surface area contributed by atoms with Crippen LogP contribution in [0.15, 0.2) is 42.5 Å². The highest BCUT2D eigenvalue weighted by Crippen LogP contribution is 2.27. The Bertz CT molecular complexity index is 1080. The van der Waals surface area contributed by atoms with Gasteiger partial charge in [0.05, 0.1) is 11.9 Å². The summed E-state index contributed by atoms with van der Waals surface area (Å²) >= 11 is 0. The van der Waals surface area contributed by atoms with Crippen molar-refractivity contribution in [3.8, 4) is 0 Å². The second-order valence-corrected chi connectivity index (χ2v) is 10.3. The monoisotopic (exact) mass is 491 g/mol. The highest BCUT2D eigenvalue weighted by Gasteiger charge is 2.32. The van der Waals surface area contributed by atoms with Crippen LogP contribution in [-0.2, 0) is 26.2 Å². The van der Waals surface area contributed by atoms with Crippen molar-refractivity contribution in [2.75, 3.05) is 23.7 Å². The molecule has 1 atom stereocenters. The molecule has 0 spiro atoms. The highest BCUT2D eigenvalue weighted by atomic mass is 32.2. The van der Waals surface area contributed by atoms with Crippen molar-refractivity contribution in [3.63, 3.8) is 0 Å². The van der Waals surface area contributed by atoms with Gasteiger partial charge in [-0.2, -0.15) is 0 Å². The van der Waals surface area contributed by atoms with Crippen molar-refractivity contribution in [2.24, 2.45) is 0 Å². The molecule has 9 heteroatoms. The SMILES string of the molecule is CCCNC(=O)[C@H](CC)N(Cc1ccc(F)cc1)C(=O)CN(c1c(C)cccc1C)S(C)(=O)=O. The summed E-state index contributed by atoms with van der Waals surface area (Å²) in [5.41, 5.74) is 2.52. The molecule has 0 bridgehead atoms. The molecule has 0 aliphatic rings. The van der Waals surface area contributed by atoms with E-state index in [0.29, 0.717) is 24.2 Å². The van der Waals surface area contributed by atoms with E-state index in [-0.39, 0.29) is 12.5 Å². The van der Waals surface area contributed by atoms with Crippen molar-refractivity contribution < 1.29 is 22.4 Å². The molecule has 2 rings (SSSR count). The fraction of sp³-hybridized carbons (Fsp3) is 0.440. The lowest BCUT2D eigenvalue weighted by Crippen LogP contribution is -2.52. The summed E-state index contributed by atoms with van der Waals surface area (Å²) in [6, 6.07) is 10.3. The molecule has 0 aliphatic heterocycles. The van der Waals surface area contributed by atoms with Crippen LogP contribution in [0.1, 0.15) is 43.4 Å². The maximum Gasteiger partial charge on any atom is 0.244 e. The summed E-state index contributed by atoms with van der Waals surface area (Å²) in [7, 11) is -3.80. The van der Waals surface area contributed by atoms with Gasteiger partial charge in [0.1, 0.15) is 18.4 Å². The quantitative estimate of drug-likeness (QED) is 0.521. The van der Waals surface area contributed by atoms with Gasteiger partial charge in [-0.1, -0.05) is 44.2 Å². The maximum atomic E-state index is 13.6. The van der Waals surface area contributed by atoms with E-state index in [9.17, 15) is 22.4 Å². The summed E-state index contributed by atoms with van der Waals surface area (Å²) in [4.78, 5) is 27.9. The molecule has 0 saturated carbocycles. The topological polar surface area (TPSA) is 86.8 Å². The summed E-state index contributed by atoms with van der Waals surface area (Å²) in [6.07, 6.45) is 2.13. The fourth-order valence-corrected chi connectivity index (χ4v) is 4.81. The van der Waals surface area contributed by atoms with Crippen LogP contribution in [0.5, 0.6) is 0 Å². The molecular weight excluding hydrogens is 457 g/mol. The minimum absolute atomic E-state index is 0.0432. The first kappa shape index (κ1) is 27.3. The summed E-state index contributed by atoms with van der Waals surface area (Å²) < 4.78 is 40.0. The number of sulfonamides is 1. The minimum Gasteiger partial charge on any atom is -0.354 e. The minimum atomic E-state index is -3.80. The first-order valence-electron chi connectivity index (χ1n) is 11.3. The van der Waals surface area contributed by atoms with Crippen LogP contribution in [0.25, 0.3) is 0 Å². The Hall–Kier alpha value is -2.94. The standard InChI is InChI=1S/C25H34FN3O4S/c1-6-15-27-25(31)22(7-2)28(16-20-11-13-21(26)14-12-20)23(30)17-29(34(5,32)33)24-18(3)9-8-10-19(24)4/h8-14,22H,6-7,15-17H2,1-5H3,(H,27,31)/t22-/m0/s1. The third-order valence-corrected chi connectivity index (χ3v) is 6.68. The Morgan fingerprint density at radius 2 is 1.62 bits per heavy atom. The fourth-order valence-electron chi connectivity index (χ4n) is 3.85. The van der Waals surface area contributed by atoms with Crippen molar-refractivity contribution in [3.05, 3.63) is 65.0 Å². The molecule has 0 heterocycles. The van der Waals surface area contributed by atoms with E-state index < -0.39 is 34.3 Å². The van der Waals surface area contributed by atoms with Crippen LogP contribution in [0.3, 0.4) is 0 Å². The van der Waals surface area contributed by atoms with Crippen LogP contribution < -0.4 is 9.62 Å². The molecule has 0 fully saturated rings. The molecule has 186 valence electrons. The van der Waals surface area contributed by atoms with Crippen LogP contribution in [0.2, 0.25) is 0 Å². The van der Waals surface area contributed by atoms with E-state index in [4.69, 9.17) is 0 Å². The maximum absolute atomic E-state index is 13.6. The third kappa shape index (κ3) is 7.03. The van der Waals surface area contributed by atoms with Crippen molar-refractivity contribution in [1.82, 2.24) is 10.2 Å². The van der Waals surface area contributed by atoms with Gasteiger partial charge in [-0.05, 0) is 55.5 Å². The first-order valence-corrected chi connectivity index (χ1v) is 13.2. The van der Waals surface area contributed by atoms with Gasteiger partial charge >= 0.3 is 0 Å². The number of rotatable bonds is 11. The highest BCUT2D eigenvalue weighted by molar-refractivity contribution is 7.92. The van der Waals surface area contributed by atoms with Crippen LogP contribution in [0.4, 0.5) is 10.1 Å². The molecule has 0 aromatic heterocycles. The van der Waals surface area contributed by atoms with Crippen LogP contribution in [0, 0.1) is 19.7 Å². The number of benzene rings is 2. The van der Waals surface area contributed by atoms with E-state index in [1.165, 1.54) is 17.0 Å². The molecule has 7 nitrogen and oxygen atoms in total. The number of carbonyl (C=O) groups is 2. The van der Waals surface area contributed by atoms with E-state index in [2.05, 4.69) is 5.32 Å². The molecule has 34 heavy (non-hydrogen) atoms. The zero-order valence-corrected chi connectivity index (χ0v) is 21.3. The molecule has 2 aromatic carbocycles. The smallest absolute Gasteiger partial charge is 0.244 e. The molecule has 0 unspecified atom stereocenters. The molecule has 2 aromatic rings. The lowest BCUT2D eigenvalue weighted by atomic mass is 10.1. The third-order valence-electron chi connectivity index (χ3n) is 5.57. The number of anilines is 1. The Labute approximate surface area is 202 Å². The predicted octanol–water partition coefficient (Wildman–Crippen LogP) is 3.54. The normalized spacial score (nSPS) is 12.2. The van der Waals surface area contributed by atoms with E-state index >= 15 is 0 Å². The van der Waals surface area contributed by atoms with Crippen molar-refractivity contribution >= 4 is 27.5 Å². The second-order valence-electron chi connectivity index (χ2n) is 8.37. The van der Waals surface area contributed by atoms with E-state index in [1.54, 1.807) is 45.0 Å². The number of hydrogen-bond donors (Lipinski definition) is 1. The number of para-hydroxylation sites is 1. The molecular formula is C25H34FN3O4S. The molecule has 1 N–H and O–H groups in total. The van der Waals surface area contributed by atoms with Gasteiger partial charge in [0.2, 0.25) is 21.8 Å². The number of halogens is 1. The predicted molar refractivity (Wildman–Crippen MR) is 132 cm³/mol. The zero-order valence-electron chi connectivity index (χ0n) is 20.5. The lowest BCUT2D eigenvalue weighted by molar-refractivity contribution is -0.140. The molecule has 0 saturated heterocycles. The van der Waals surface area contributed by atoms with Crippen molar-refractivity contribution in [1.29, 1.82) is 0 Å². The van der Waals surface area contributed by atoms with Gasteiger partial charge in [0.25, 0.3) is 0 Å². The average Bonchev–Trinajstić information content (AvgIpc) is 2.77. The number of carbonyl (C=O) groups excluding carboxylic acids is 2. The molecule has 2 amide bonds. The summed E-state index contributed by atoms with van der Waals surface area (Å²) in [5.74, 6) is -1.23. The Kier molecular flexibility index (Phi) is 9.61. The Morgan fingerprint density at radius 1 is 1.03 bits per heavy atom. The second kappa shape index (κ2) is 12.0. The van der Waals surface area contributed by atoms with Crippen LogP contribution >= 0.6 is 0 Å². The Balaban J connectivity index is 2.47. The lowest BCUT2D eigenvalue weighted by Gasteiger charge is -2.33. The van der Waals surface area contributed by atoms with E-state index in [1.807, 2.05) is 13.0 Å². The van der Waals surface area contributed by atoms with Gasteiger partial charge in [0, 0.05) is 13.1 Å². The average molecular weight is 492 g/mol. The van der Waals surface area contributed by atoms with Gasteiger partial charge in [-0.25, -0.2) is 12.8 Å². The number of aryl methyl sites for hydroxylation is 2. The largest absolute Gasteiger partial charge is 0.354 e. The van der Waals surface area contributed by atoms with E-state index in [0.717, 1.165) is 28.1 Å². The Morgan fingerprint density at radius 3 is 2.12 bits per heavy atom. The number of hydrogen-bond acceptors (Lipinski definition) is 4. The number of nitrogens with zero attached hydrogens (tertiary/aromatic N) is 2. The summed E-state index contributed by atoms with van der Waals surface area (Å²) in [6.45, 7) is 7.34. The van der Waals surface area contributed by atoms with Gasteiger partial charge < -0.3 is 10.2 Å². The van der Waals surface area contributed by atoms with Gasteiger partial charge in [0.15, 0.2) is 0 Å². The summed E-state index contributed by atoms with van der Waals surface area (Å²) in [5, 5.41) is 2.82.